The first-order chi connectivity index (χ1) is 10.7. The summed E-state index contributed by atoms with van der Waals surface area (Å²) in [6.45, 7) is 2.55. The van der Waals surface area contributed by atoms with Gasteiger partial charge in [0, 0.05) is 5.02 Å². The number of fused-ring (bicyclic) bond motifs is 1. The van der Waals surface area contributed by atoms with Crippen LogP contribution in [0, 0.1) is 0 Å². The Morgan fingerprint density at radius 2 is 1.86 bits per heavy atom. The first-order valence-corrected chi connectivity index (χ1v) is 8.42. The molecule has 0 radical (unpaired) electrons. The first-order valence-electron chi connectivity index (χ1n) is 7.06. The van der Waals surface area contributed by atoms with E-state index < -0.39 is 0 Å². The van der Waals surface area contributed by atoms with Crippen molar-refractivity contribution in [3.05, 3.63) is 69.5 Å². The van der Waals surface area contributed by atoms with Crippen LogP contribution in [0.5, 0.6) is 0 Å². The molecule has 0 spiro atoms. The molecule has 0 aliphatic carbocycles. The quantitative estimate of drug-likeness (QED) is 0.531. The molecule has 0 saturated heterocycles. The molecular weight excluding hydrogens is 316 g/mol. The van der Waals surface area contributed by atoms with Crippen molar-refractivity contribution in [1.29, 1.82) is 0 Å². The fraction of sp³-hybridized carbons (Fsp3) is 0.176. The second-order valence-corrected chi connectivity index (χ2v) is 6.53. The topological polar surface area (TPSA) is 34.9 Å². The van der Waals surface area contributed by atoms with E-state index in [2.05, 4.69) is 11.9 Å². The van der Waals surface area contributed by atoms with Gasteiger partial charge in [0.1, 0.15) is 0 Å². The standard InChI is InChI=1S/C17H15ClN2OS/c1-2-22-17-19-15-6-4-3-5-14(15)16(21)20(17)11-12-7-9-13(18)10-8-12/h3-10H,2,11H2,1H3. The zero-order chi connectivity index (χ0) is 15.5. The summed E-state index contributed by atoms with van der Waals surface area (Å²) in [5.74, 6) is 0.866. The lowest BCUT2D eigenvalue weighted by Gasteiger charge is -2.12. The SMILES string of the molecule is CCSc1nc2ccccc2c(=O)n1Cc1ccc(Cl)cc1. The third-order valence-corrected chi connectivity index (χ3v) is 4.46. The minimum absolute atomic E-state index is 0.00324. The van der Waals surface area contributed by atoms with Gasteiger partial charge in [-0.2, -0.15) is 0 Å². The average molecular weight is 331 g/mol. The van der Waals surface area contributed by atoms with E-state index in [1.807, 2.05) is 48.5 Å². The second-order valence-electron chi connectivity index (χ2n) is 4.86. The number of hydrogen-bond donors (Lipinski definition) is 0. The van der Waals surface area contributed by atoms with Crippen LogP contribution in [0.15, 0.2) is 58.5 Å². The van der Waals surface area contributed by atoms with E-state index in [4.69, 9.17) is 11.6 Å². The van der Waals surface area contributed by atoms with Gasteiger partial charge in [-0.3, -0.25) is 9.36 Å². The maximum absolute atomic E-state index is 12.8. The number of para-hydroxylation sites is 1. The summed E-state index contributed by atoms with van der Waals surface area (Å²) in [6, 6.07) is 15.0. The van der Waals surface area contributed by atoms with Gasteiger partial charge in [0.2, 0.25) is 0 Å². The summed E-state index contributed by atoms with van der Waals surface area (Å²) in [5, 5.41) is 2.09. The van der Waals surface area contributed by atoms with Crippen LogP contribution >= 0.6 is 23.4 Å². The summed E-state index contributed by atoms with van der Waals surface area (Å²) >= 11 is 7.50. The molecule has 0 N–H and O–H groups in total. The van der Waals surface area contributed by atoms with Crippen molar-refractivity contribution >= 4 is 34.3 Å². The first kappa shape index (κ1) is 15.1. The number of halogens is 1. The van der Waals surface area contributed by atoms with Crippen LogP contribution in [-0.2, 0) is 6.54 Å². The van der Waals surface area contributed by atoms with Crippen molar-refractivity contribution in [2.24, 2.45) is 0 Å². The number of thioether (sulfide) groups is 1. The van der Waals surface area contributed by atoms with Crippen molar-refractivity contribution in [3.63, 3.8) is 0 Å². The van der Waals surface area contributed by atoms with Crippen molar-refractivity contribution in [2.75, 3.05) is 5.75 Å². The lowest BCUT2D eigenvalue weighted by Crippen LogP contribution is -2.24. The van der Waals surface area contributed by atoms with Crippen molar-refractivity contribution in [2.45, 2.75) is 18.6 Å². The Labute approximate surface area is 138 Å². The third kappa shape index (κ3) is 3.03. The highest BCUT2D eigenvalue weighted by atomic mass is 35.5. The molecule has 0 amide bonds. The van der Waals surface area contributed by atoms with Crippen LogP contribution in [0.4, 0.5) is 0 Å². The van der Waals surface area contributed by atoms with Gasteiger partial charge in [-0.05, 0) is 35.6 Å². The molecule has 0 fully saturated rings. The number of rotatable bonds is 4. The number of benzene rings is 2. The molecule has 3 nitrogen and oxygen atoms in total. The predicted molar refractivity (Wildman–Crippen MR) is 93.0 cm³/mol. The zero-order valence-electron chi connectivity index (χ0n) is 12.1. The van der Waals surface area contributed by atoms with E-state index in [1.54, 1.807) is 16.3 Å². The van der Waals surface area contributed by atoms with E-state index in [0.29, 0.717) is 17.0 Å². The molecule has 3 aromatic rings. The number of aromatic nitrogens is 2. The molecule has 112 valence electrons. The van der Waals surface area contributed by atoms with E-state index >= 15 is 0 Å². The predicted octanol–water partition coefficient (Wildman–Crippen LogP) is 4.21. The highest BCUT2D eigenvalue weighted by Crippen LogP contribution is 2.19. The molecule has 0 bridgehead atoms. The largest absolute Gasteiger partial charge is 0.283 e. The Morgan fingerprint density at radius 1 is 1.14 bits per heavy atom. The minimum Gasteiger partial charge on any atom is -0.283 e. The van der Waals surface area contributed by atoms with Crippen LogP contribution in [-0.4, -0.2) is 15.3 Å². The van der Waals surface area contributed by atoms with Crippen LogP contribution in [0.3, 0.4) is 0 Å². The molecular formula is C17H15ClN2OS. The smallest absolute Gasteiger partial charge is 0.262 e. The van der Waals surface area contributed by atoms with E-state index in [9.17, 15) is 4.79 Å². The van der Waals surface area contributed by atoms with Crippen LogP contribution in [0.2, 0.25) is 5.02 Å². The van der Waals surface area contributed by atoms with Gasteiger partial charge in [-0.25, -0.2) is 4.98 Å². The van der Waals surface area contributed by atoms with Gasteiger partial charge in [0.05, 0.1) is 17.4 Å². The Hall–Kier alpha value is -1.78. The maximum Gasteiger partial charge on any atom is 0.262 e. The second kappa shape index (κ2) is 6.55. The molecule has 0 aliphatic heterocycles. The van der Waals surface area contributed by atoms with Crippen LogP contribution in [0.1, 0.15) is 12.5 Å². The highest BCUT2D eigenvalue weighted by Gasteiger charge is 2.11. The normalized spacial score (nSPS) is 11.0. The van der Waals surface area contributed by atoms with Gasteiger partial charge in [0.15, 0.2) is 5.16 Å². The molecule has 0 atom stereocenters. The molecule has 22 heavy (non-hydrogen) atoms. The number of hydrogen-bond acceptors (Lipinski definition) is 3. The summed E-state index contributed by atoms with van der Waals surface area (Å²) in [6.07, 6.45) is 0. The third-order valence-electron chi connectivity index (χ3n) is 3.35. The fourth-order valence-electron chi connectivity index (χ4n) is 2.30. The molecule has 1 heterocycles. The maximum atomic E-state index is 12.8. The lowest BCUT2D eigenvalue weighted by molar-refractivity contribution is 0.658. The van der Waals surface area contributed by atoms with Crippen LogP contribution in [0.25, 0.3) is 10.9 Å². The van der Waals surface area contributed by atoms with Crippen molar-refractivity contribution in [3.8, 4) is 0 Å². The van der Waals surface area contributed by atoms with Gasteiger partial charge in [0.25, 0.3) is 5.56 Å². The Kier molecular flexibility index (Phi) is 4.50. The fourth-order valence-corrected chi connectivity index (χ4v) is 3.15. The van der Waals surface area contributed by atoms with Gasteiger partial charge in [-0.15, -0.1) is 0 Å². The summed E-state index contributed by atoms with van der Waals surface area (Å²) in [4.78, 5) is 17.4. The highest BCUT2D eigenvalue weighted by molar-refractivity contribution is 7.99. The summed E-state index contributed by atoms with van der Waals surface area (Å²) in [7, 11) is 0. The molecule has 3 rings (SSSR count). The number of nitrogens with zero attached hydrogens (tertiary/aromatic N) is 2. The van der Waals surface area contributed by atoms with E-state index in [-0.39, 0.29) is 5.56 Å². The van der Waals surface area contributed by atoms with Crippen LogP contribution < -0.4 is 5.56 Å². The summed E-state index contributed by atoms with van der Waals surface area (Å²) < 4.78 is 1.74. The van der Waals surface area contributed by atoms with Gasteiger partial charge >= 0.3 is 0 Å². The molecule has 2 aromatic carbocycles. The zero-order valence-corrected chi connectivity index (χ0v) is 13.7. The average Bonchev–Trinajstić information content (AvgIpc) is 2.53. The molecule has 0 saturated carbocycles. The minimum atomic E-state index is -0.00324. The Bertz CT molecular complexity index is 859. The van der Waals surface area contributed by atoms with Gasteiger partial charge < -0.3 is 0 Å². The summed E-state index contributed by atoms with van der Waals surface area (Å²) in [5.41, 5.74) is 1.77. The van der Waals surface area contributed by atoms with E-state index in [0.717, 1.165) is 22.0 Å². The lowest BCUT2D eigenvalue weighted by atomic mass is 10.2. The molecule has 0 unspecified atom stereocenters. The Morgan fingerprint density at radius 3 is 2.59 bits per heavy atom. The molecule has 5 heteroatoms. The monoisotopic (exact) mass is 330 g/mol. The van der Waals surface area contributed by atoms with E-state index in [1.165, 1.54) is 0 Å². The molecule has 1 aromatic heterocycles. The Balaban J connectivity index is 2.13. The van der Waals surface area contributed by atoms with Gasteiger partial charge in [-0.1, -0.05) is 54.6 Å². The van der Waals surface area contributed by atoms with Crippen molar-refractivity contribution in [1.82, 2.24) is 9.55 Å². The van der Waals surface area contributed by atoms with Crippen molar-refractivity contribution < 1.29 is 0 Å². The molecule has 0 aliphatic rings.